The molecule has 2 aliphatic heterocycles. The number of anilines is 1. The predicted octanol–water partition coefficient (Wildman–Crippen LogP) is 6.56. The average Bonchev–Trinajstić information content (AvgIpc) is 3.45. The van der Waals surface area contributed by atoms with Gasteiger partial charge in [-0.2, -0.15) is 0 Å². The zero-order chi connectivity index (χ0) is 28.3. The average molecular weight is 589 g/mol. The van der Waals surface area contributed by atoms with E-state index < -0.39 is 28.7 Å². The van der Waals surface area contributed by atoms with E-state index in [1.807, 2.05) is 18.2 Å². The number of halogens is 3. The summed E-state index contributed by atoms with van der Waals surface area (Å²) in [5.41, 5.74) is 1.73. The molecule has 2 saturated carbocycles. The number of aliphatic hydroxyl groups excluding tert-OH is 1. The number of amides is 1. The van der Waals surface area contributed by atoms with Gasteiger partial charge in [0.25, 0.3) is 0 Å². The molecule has 1 amide bonds. The lowest BCUT2D eigenvalue weighted by atomic mass is 9.53. The van der Waals surface area contributed by atoms with Crippen molar-refractivity contribution >= 4 is 34.8 Å². The molecule has 2 aliphatic carbocycles. The van der Waals surface area contributed by atoms with E-state index in [1.54, 1.807) is 12.1 Å². The Balaban J connectivity index is 1.47. The van der Waals surface area contributed by atoms with Gasteiger partial charge in [-0.05, 0) is 92.0 Å². The van der Waals surface area contributed by atoms with Crippen molar-refractivity contribution in [3.05, 3.63) is 63.4 Å². The van der Waals surface area contributed by atoms with Gasteiger partial charge in [-0.15, -0.1) is 0 Å². The molecule has 3 fully saturated rings. The number of benzene rings is 2. The highest BCUT2D eigenvalue weighted by atomic mass is 35.5. The van der Waals surface area contributed by atoms with Crippen molar-refractivity contribution in [2.45, 2.75) is 94.2 Å². The summed E-state index contributed by atoms with van der Waals surface area (Å²) < 4.78 is 16.0. The van der Waals surface area contributed by atoms with Crippen molar-refractivity contribution in [1.82, 2.24) is 10.6 Å². The molecule has 1 saturated heterocycles. The van der Waals surface area contributed by atoms with Gasteiger partial charge in [0.15, 0.2) is 0 Å². The van der Waals surface area contributed by atoms with Gasteiger partial charge in [0, 0.05) is 46.8 Å². The molecule has 0 radical (unpaired) electrons. The molecule has 6 rings (SSSR count). The molecule has 2 spiro atoms. The lowest BCUT2D eigenvalue weighted by Gasteiger charge is -2.51. The van der Waals surface area contributed by atoms with Crippen molar-refractivity contribution in [2.75, 3.05) is 18.5 Å². The standard InChI is InChI=1S/C32H40Cl2FN3O2/c1-30(2)12-14-31(15-13-30)32(18-36-25-16-20(33)8-11-23(25)32)26(22-4-3-5-24(34)27(22)35)28(38-31)29(40)37-21-9-6-19(17-39)7-10-21/h3-5,8,11,16,19,21,26,28,36,38-39H,6-7,9-10,12-15,17-18H2,1-2H3,(H,37,40)/t19-,21+,26-,28+,32+/m0/s1. The number of aliphatic hydroxyl groups is 1. The summed E-state index contributed by atoms with van der Waals surface area (Å²) in [6, 6.07) is 10.5. The van der Waals surface area contributed by atoms with Crippen molar-refractivity contribution in [2.24, 2.45) is 11.3 Å². The highest BCUT2D eigenvalue weighted by molar-refractivity contribution is 6.31. The van der Waals surface area contributed by atoms with Crippen molar-refractivity contribution in [1.29, 1.82) is 0 Å². The zero-order valence-corrected chi connectivity index (χ0v) is 24.8. The molecule has 40 heavy (non-hydrogen) atoms. The highest BCUT2D eigenvalue weighted by Gasteiger charge is 2.69. The highest BCUT2D eigenvalue weighted by Crippen LogP contribution is 2.63. The third-order valence-corrected chi connectivity index (χ3v) is 11.2. The molecule has 4 N–H and O–H groups in total. The maximum atomic E-state index is 16.0. The van der Waals surface area contributed by atoms with E-state index >= 15 is 4.39 Å². The lowest BCUT2D eigenvalue weighted by molar-refractivity contribution is -0.124. The first-order valence-electron chi connectivity index (χ1n) is 14.8. The second-order valence-corrected chi connectivity index (χ2v) is 14.3. The van der Waals surface area contributed by atoms with Gasteiger partial charge in [-0.25, -0.2) is 4.39 Å². The Hall–Kier alpha value is -1.86. The molecule has 216 valence electrons. The van der Waals surface area contributed by atoms with Crippen molar-refractivity contribution < 1.29 is 14.3 Å². The lowest BCUT2D eigenvalue weighted by Crippen LogP contribution is -2.60. The fourth-order valence-electron chi connectivity index (χ4n) is 8.32. The van der Waals surface area contributed by atoms with E-state index in [4.69, 9.17) is 23.2 Å². The summed E-state index contributed by atoms with van der Waals surface area (Å²) in [6.45, 7) is 5.39. The van der Waals surface area contributed by atoms with Gasteiger partial charge < -0.3 is 15.7 Å². The molecular weight excluding hydrogens is 548 g/mol. The van der Waals surface area contributed by atoms with Gasteiger partial charge in [0.05, 0.1) is 11.1 Å². The molecule has 0 aromatic heterocycles. The number of nitrogens with one attached hydrogen (secondary N) is 3. The van der Waals surface area contributed by atoms with Crippen LogP contribution in [0.2, 0.25) is 10.0 Å². The summed E-state index contributed by atoms with van der Waals surface area (Å²) in [4.78, 5) is 14.3. The van der Waals surface area contributed by atoms with Crippen LogP contribution in [0.15, 0.2) is 36.4 Å². The fraction of sp³-hybridized carbons (Fsp3) is 0.594. The van der Waals surface area contributed by atoms with Crippen LogP contribution >= 0.6 is 23.2 Å². The van der Waals surface area contributed by atoms with Gasteiger partial charge in [-0.1, -0.05) is 55.2 Å². The van der Waals surface area contributed by atoms with Gasteiger partial charge in [-0.3, -0.25) is 10.1 Å². The molecule has 4 aliphatic rings. The Kier molecular flexibility index (Phi) is 7.38. The van der Waals surface area contributed by atoms with E-state index in [1.165, 1.54) is 0 Å². The molecule has 2 aromatic rings. The predicted molar refractivity (Wildman–Crippen MR) is 159 cm³/mol. The third kappa shape index (κ3) is 4.54. The normalized spacial score (nSPS) is 32.1. The first-order chi connectivity index (χ1) is 19.1. The van der Waals surface area contributed by atoms with Crippen LogP contribution in [-0.2, 0) is 10.2 Å². The number of hydrogen-bond acceptors (Lipinski definition) is 4. The van der Waals surface area contributed by atoms with Crippen molar-refractivity contribution in [3.63, 3.8) is 0 Å². The minimum absolute atomic E-state index is 0.0487. The first kappa shape index (κ1) is 28.3. The second kappa shape index (κ2) is 10.4. The van der Waals surface area contributed by atoms with E-state index in [-0.39, 0.29) is 29.0 Å². The van der Waals surface area contributed by atoms with Crippen LogP contribution in [0.3, 0.4) is 0 Å². The summed E-state index contributed by atoms with van der Waals surface area (Å²) in [7, 11) is 0. The number of carbonyl (C=O) groups is 1. The summed E-state index contributed by atoms with van der Waals surface area (Å²) in [5.74, 6) is -0.709. The van der Waals surface area contributed by atoms with Crippen LogP contribution in [0.1, 0.15) is 82.3 Å². The Morgan fingerprint density at radius 2 is 1.80 bits per heavy atom. The quantitative estimate of drug-likeness (QED) is 0.327. The minimum atomic E-state index is -0.631. The Bertz CT molecular complexity index is 1280. The van der Waals surface area contributed by atoms with Crippen LogP contribution in [0.4, 0.5) is 10.1 Å². The Morgan fingerprint density at radius 3 is 2.50 bits per heavy atom. The molecule has 8 heteroatoms. The molecule has 2 aromatic carbocycles. The van der Waals surface area contributed by atoms with E-state index in [2.05, 4.69) is 35.9 Å². The second-order valence-electron chi connectivity index (χ2n) is 13.4. The number of carbonyl (C=O) groups excluding carboxylic acids is 1. The number of rotatable bonds is 4. The summed E-state index contributed by atoms with van der Waals surface area (Å²) >= 11 is 12.8. The van der Waals surface area contributed by atoms with E-state index in [0.717, 1.165) is 62.6 Å². The van der Waals surface area contributed by atoms with Gasteiger partial charge >= 0.3 is 0 Å². The van der Waals surface area contributed by atoms with E-state index in [0.29, 0.717) is 23.0 Å². The fourth-order valence-corrected chi connectivity index (χ4v) is 8.68. The molecule has 2 heterocycles. The molecule has 5 nitrogen and oxygen atoms in total. The topological polar surface area (TPSA) is 73.4 Å². The van der Waals surface area contributed by atoms with Crippen molar-refractivity contribution in [3.8, 4) is 0 Å². The molecule has 3 atom stereocenters. The van der Waals surface area contributed by atoms with E-state index in [9.17, 15) is 9.90 Å². The van der Waals surface area contributed by atoms with Crippen LogP contribution in [0, 0.1) is 17.2 Å². The Morgan fingerprint density at radius 1 is 1.07 bits per heavy atom. The van der Waals surface area contributed by atoms with Crippen LogP contribution in [0.5, 0.6) is 0 Å². The van der Waals surface area contributed by atoms with Crippen LogP contribution in [-0.4, -0.2) is 41.8 Å². The maximum Gasteiger partial charge on any atom is 0.238 e. The largest absolute Gasteiger partial charge is 0.396 e. The molecular formula is C32H40Cl2FN3O2. The number of hydrogen-bond donors (Lipinski definition) is 4. The third-order valence-electron chi connectivity index (χ3n) is 10.7. The van der Waals surface area contributed by atoms with Crippen LogP contribution < -0.4 is 16.0 Å². The zero-order valence-electron chi connectivity index (χ0n) is 23.3. The minimum Gasteiger partial charge on any atom is -0.396 e. The number of fused-ring (bicyclic) bond motifs is 3. The van der Waals surface area contributed by atoms with Gasteiger partial charge in [0.2, 0.25) is 5.91 Å². The smallest absolute Gasteiger partial charge is 0.238 e. The Labute approximate surface area is 246 Å². The summed E-state index contributed by atoms with van der Waals surface area (Å²) in [5, 5.41) is 21.1. The van der Waals surface area contributed by atoms with Gasteiger partial charge in [0.1, 0.15) is 5.82 Å². The molecule has 0 unspecified atom stereocenters. The SMILES string of the molecule is CC1(C)CCC2(CC1)N[C@@H](C(=O)N[C@H]1CC[C@@H](CO)CC1)[C@H](c1cccc(Cl)c1F)[C@]21CNc2cc(Cl)ccc21. The summed E-state index contributed by atoms with van der Waals surface area (Å²) in [6.07, 6.45) is 7.26. The first-order valence-corrected chi connectivity index (χ1v) is 15.5. The van der Waals surface area contributed by atoms with Crippen LogP contribution in [0.25, 0.3) is 0 Å². The maximum absolute atomic E-state index is 16.0. The monoisotopic (exact) mass is 587 g/mol. The molecule has 0 bridgehead atoms.